The van der Waals surface area contributed by atoms with Gasteiger partial charge in [0.25, 0.3) is 0 Å². The maximum atomic E-state index is 10.9. The van der Waals surface area contributed by atoms with E-state index in [1.54, 1.807) is 18.9 Å². The monoisotopic (exact) mass is 317 g/mol. The quantitative estimate of drug-likeness (QED) is 0.895. The van der Waals surface area contributed by atoms with Gasteiger partial charge in [0.1, 0.15) is 11.8 Å². The van der Waals surface area contributed by atoms with Crippen LogP contribution in [-0.2, 0) is 4.79 Å². The number of methoxy groups -OCH3 is 1. The predicted octanol–water partition coefficient (Wildman–Crippen LogP) is 2.25. The molecule has 0 bridgehead atoms. The van der Waals surface area contributed by atoms with Crippen molar-refractivity contribution < 1.29 is 14.6 Å². The van der Waals surface area contributed by atoms with Crippen molar-refractivity contribution in [1.82, 2.24) is 5.32 Å². The molecule has 2 rings (SSSR count). The lowest BCUT2D eigenvalue weighted by Crippen LogP contribution is -2.33. The van der Waals surface area contributed by atoms with Gasteiger partial charge in [-0.05, 0) is 18.2 Å². The number of ether oxygens (including phenoxy) is 1. The van der Waals surface area contributed by atoms with Crippen LogP contribution in [0.25, 0.3) is 0 Å². The van der Waals surface area contributed by atoms with Gasteiger partial charge in [0.15, 0.2) is 0 Å². The highest BCUT2D eigenvalue weighted by molar-refractivity contribution is 9.10. The van der Waals surface area contributed by atoms with Crippen LogP contribution in [0.15, 0.2) is 22.7 Å². The van der Waals surface area contributed by atoms with Gasteiger partial charge in [-0.3, -0.25) is 10.1 Å². The van der Waals surface area contributed by atoms with Crippen molar-refractivity contribution in [3.05, 3.63) is 28.2 Å². The van der Waals surface area contributed by atoms with E-state index < -0.39 is 12.0 Å². The lowest BCUT2D eigenvalue weighted by molar-refractivity contribution is -0.138. The summed E-state index contributed by atoms with van der Waals surface area (Å²) in [6, 6.07) is 5.23. The Hall–Kier alpha value is -0.720. The van der Waals surface area contributed by atoms with E-state index in [-0.39, 0.29) is 5.37 Å². The lowest BCUT2D eigenvalue weighted by atomic mass is 10.2. The normalized spacial score (nSPS) is 23.6. The van der Waals surface area contributed by atoms with Crippen molar-refractivity contribution in [2.45, 2.75) is 11.4 Å². The van der Waals surface area contributed by atoms with E-state index in [4.69, 9.17) is 9.84 Å². The molecule has 4 nitrogen and oxygen atoms in total. The summed E-state index contributed by atoms with van der Waals surface area (Å²) in [5, 5.41) is 12.0. The molecule has 17 heavy (non-hydrogen) atoms. The molecule has 0 unspecified atom stereocenters. The van der Waals surface area contributed by atoms with Crippen LogP contribution < -0.4 is 10.1 Å². The van der Waals surface area contributed by atoms with Crippen LogP contribution in [0.5, 0.6) is 5.75 Å². The minimum atomic E-state index is -0.811. The summed E-state index contributed by atoms with van der Waals surface area (Å²) in [6.07, 6.45) is 0. The molecule has 0 saturated carbocycles. The first-order chi connectivity index (χ1) is 8.11. The molecule has 6 heteroatoms. The lowest BCUT2D eigenvalue weighted by Gasteiger charge is -2.15. The summed E-state index contributed by atoms with van der Waals surface area (Å²) in [4.78, 5) is 10.9. The first-order valence-electron chi connectivity index (χ1n) is 5.05. The van der Waals surface area contributed by atoms with Crippen molar-refractivity contribution in [1.29, 1.82) is 0 Å². The fraction of sp³-hybridized carbons (Fsp3) is 0.364. The molecule has 92 valence electrons. The molecule has 0 amide bonds. The van der Waals surface area contributed by atoms with Crippen LogP contribution in [-0.4, -0.2) is 30.0 Å². The number of rotatable bonds is 3. The molecule has 0 radical (unpaired) electrons. The van der Waals surface area contributed by atoms with Crippen LogP contribution in [0.3, 0.4) is 0 Å². The SMILES string of the molecule is COc1ccc(Br)cc1[C@@H]1N[C@H](C(=O)O)CS1. The number of hydrogen-bond acceptors (Lipinski definition) is 4. The predicted molar refractivity (Wildman–Crippen MR) is 70.5 cm³/mol. The van der Waals surface area contributed by atoms with Gasteiger partial charge in [-0.15, -0.1) is 11.8 Å². The Kier molecular flexibility index (Phi) is 3.96. The zero-order valence-corrected chi connectivity index (χ0v) is 11.5. The molecule has 2 atom stereocenters. The van der Waals surface area contributed by atoms with Crippen LogP contribution in [0.4, 0.5) is 0 Å². The highest BCUT2D eigenvalue weighted by Crippen LogP contribution is 2.38. The van der Waals surface area contributed by atoms with Gasteiger partial charge in [-0.1, -0.05) is 15.9 Å². The standard InChI is InChI=1S/C11H12BrNO3S/c1-16-9-3-2-6(12)4-7(9)10-13-8(5-17-10)11(14)15/h2-4,8,10,13H,5H2,1H3,(H,14,15)/t8-,10+/m0/s1. The highest BCUT2D eigenvalue weighted by Gasteiger charge is 2.31. The largest absolute Gasteiger partial charge is 0.496 e. The van der Waals surface area contributed by atoms with E-state index in [2.05, 4.69) is 21.2 Å². The van der Waals surface area contributed by atoms with E-state index in [0.29, 0.717) is 5.75 Å². The molecule has 0 aromatic heterocycles. The van der Waals surface area contributed by atoms with Crippen molar-refractivity contribution in [3.8, 4) is 5.75 Å². The Morgan fingerprint density at radius 3 is 3.00 bits per heavy atom. The molecule has 1 aromatic rings. The number of hydrogen-bond donors (Lipinski definition) is 2. The van der Waals surface area contributed by atoms with Gasteiger partial charge in [0.05, 0.1) is 12.5 Å². The van der Waals surface area contributed by atoms with Crippen LogP contribution >= 0.6 is 27.7 Å². The van der Waals surface area contributed by atoms with Gasteiger partial charge < -0.3 is 9.84 Å². The van der Waals surface area contributed by atoms with E-state index in [0.717, 1.165) is 15.8 Å². The number of carboxylic acids is 1. The van der Waals surface area contributed by atoms with Gasteiger partial charge in [-0.2, -0.15) is 0 Å². The Balaban J connectivity index is 2.23. The van der Waals surface area contributed by atoms with E-state index in [1.807, 2.05) is 18.2 Å². The Morgan fingerprint density at radius 1 is 1.65 bits per heavy atom. The average molecular weight is 318 g/mol. The van der Waals surface area contributed by atoms with E-state index in [1.165, 1.54) is 0 Å². The number of nitrogens with one attached hydrogen (secondary N) is 1. The molecule has 1 saturated heterocycles. The Labute approximate surface area is 112 Å². The summed E-state index contributed by atoms with van der Waals surface area (Å²) in [5.74, 6) is 0.522. The van der Waals surface area contributed by atoms with Gasteiger partial charge in [0, 0.05) is 15.8 Å². The summed E-state index contributed by atoms with van der Waals surface area (Å²) in [7, 11) is 1.61. The van der Waals surface area contributed by atoms with Crippen molar-refractivity contribution in [3.63, 3.8) is 0 Å². The molecule has 0 aliphatic carbocycles. The summed E-state index contributed by atoms with van der Waals surface area (Å²) < 4.78 is 6.24. The third-order valence-corrected chi connectivity index (χ3v) is 4.30. The van der Waals surface area contributed by atoms with Crippen LogP contribution in [0.2, 0.25) is 0 Å². The average Bonchev–Trinajstić information content (AvgIpc) is 2.78. The van der Waals surface area contributed by atoms with Gasteiger partial charge in [0.2, 0.25) is 0 Å². The van der Waals surface area contributed by atoms with Gasteiger partial charge >= 0.3 is 5.97 Å². The summed E-state index contributed by atoms with van der Waals surface area (Å²) >= 11 is 4.99. The number of benzene rings is 1. The molecular formula is C11H12BrNO3S. The second-order valence-electron chi connectivity index (χ2n) is 3.66. The Morgan fingerprint density at radius 2 is 2.41 bits per heavy atom. The fourth-order valence-corrected chi connectivity index (χ4v) is 3.33. The first kappa shape index (κ1) is 12.7. The molecule has 0 spiro atoms. The highest BCUT2D eigenvalue weighted by atomic mass is 79.9. The van der Waals surface area contributed by atoms with Crippen LogP contribution in [0, 0.1) is 0 Å². The number of carbonyl (C=O) groups is 1. The van der Waals surface area contributed by atoms with Crippen molar-refractivity contribution >= 4 is 33.7 Å². The zero-order valence-electron chi connectivity index (χ0n) is 9.14. The molecule has 1 aromatic carbocycles. The van der Waals surface area contributed by atoms with E-state index in [9.17, 15) is 4.79 Å². The second kappa shape index (κ2) is 5.29. The molecular weight excluding hydrogens is 306 g/mol. The number of carboxylic acid groups (broad SMARTS) is 1. The first-order valence-corrected chi connectivity index (χ1v) is 6.90. The molecule has 1 fully saturated rings. The maximum Gasteiger partial charge on any atom is 0.321 e. The summed E-state index contributed by atoms with van der Waals surface area (Å²) in [5.41, 5.74) is 0.968. The van der Waals surface area contributed by atoms with Gasteiger partial charge in [-0.25, -0.2) is 0 Å². The van der Waals surface area contributed by atoms with Crippen molar-refractivity contribution in [2.75, 3.05) is 12.9 Å². The zero-order chi connectivity index (χ0) is 12.4. The molecule has 1 aliphatic heterocycles. The summed E-state index contributed by atoms with van der Waals surface area (Å²) in [6.45, 7) is 0. The Bertz CT molecular complexity index is 441. The number of aliphatic carboxylic acids is 1. The molecule has 2 N–H and O–H groups in total. The van der Waals surface area contributed by atoms with E-state index >= 15 is 0 Å². The topological polar surface area (TPSA) is 58.6 Å². The van der Waals surface area contributed by atoms with Crippen molar-refractivity contribution in [2.24, 2.45) is 0 Å². The minimum Gasteiger partial charge on any atom is -0.496 e. The number of thioether (sulfide) groups is 1. The molecule has 1 heterocycles. The third-order valence-electron chi connectivity index (χ3n) is 2.55. The smallest absolute Gasteiger partial charge is 0.321 e. The van der Waals surface area contributed by atoms with Crippen LogP contribution in [0.1, 0.15) is 10.9 Å². The minimum absolute atomic E-state index is 0.0384. The fourth-order valence-electron chi connectivity index (χ4n) is 1.70. The molecule has 1 aliphatic rings. The maximum absolute atomic E-state index is 10.9. The third kappa shape index (κ3) is 2.75. The second-order valence-corrected chi connectivity index (χ2v) is 5.71. The number of halogens is 1.